The van der Waals surface area contributed by atoms with Gasteiger partial charge in [0.25, 0.3) is 0 Å². The summed E-state index contributed by atoms with van der Waals surface area (Å²) in [6, 6.07) is 3.57. The van der Waals surface area contributed by atoms with E-state index in [9.17, 15) is 9.90 Å². The molecular formula is C9H10O3. The van der Waals surface area contributed by atoms with Crippen LogP contribution in [0.3, 0.4) is 0 Å². The van der Waals surface area contributed by atoms with E-state index in [0.29, 0.717) is 0 Å². The average molecular weight is 169 g/mol. The smallest absolute Gasteiger partial charge is 0.337 e. The molecule has 1 aromatic rings. The molecule has 0 bridgehead atoms. The van der Waals surface area contributed by atoms with E-state index in [-0.39, 0.29) is 16.9 Å². The van der Waals surface area contributed by atoms with Gasteiger partial charge in [-0.15, -0.1) is 0 Å². The topological polar surface area (TPSA) is 46.5 Å². The van der Waals surface area contributed by atoms with Crippen LogP contribution in [0.4, 0.5) is 0 Å². The lowest BCUT2D eigenvalue weighted by Gasteiger charge is -2.01. The second kappa shape index (κ2) is 3.26. The van der Waals surface area contributed by atoms with Crippen molar-refractivity contribution in [3.05, 3.63) is 29.3 Å². The van der Waals surface area contributed by atoms with E-state index in [2.05, 4.69) is 4.74 Å². The monoisotopic (exact) mass is 169 g/mol. The van der Waals surface area contributed by atoms with Gasteiger partial charge in [0.1, 0.15) is 5.75 Å². The van der Waals surface area contributed by atoms with Crippen LogP contribution in [0.25, 0.3) is 0 Å². The summed E-state index contributed by atoms with van der Waals surface area (Å²) in [4.78, 5) is 11.1. The molecule has 0 aliphatic rings. The second-order valence-electron chi connectivity index (χ2n) is 2.22. The normalized spacial score (nSPS) is 14.2. The largest absolute Gasteiger partial charge is 0.508 e. The molecule has 0 saturated heterocycles. The Morgan fingerprint density at radius 2 is 2.42 bits per heavy atom. The van der Waals surface area contributed by atoms with Gasteiger partial charge in [-0.25, -0.2) is 4.79 Å². The molecular weight excluding hydrogens is 156 g/mol. The molecule has 0 aromatic heterocycles. The van der Waals surface area contributed by atoms with Gasteiger partial charge in [0.2, 0.25) is 0 Å². The van der Waals surface area contributed by atoms with Crippen molar-refractivity contribution >= 4 is 5.97 Å². The van der Waals surface area contributed by atoms with Crippen LogP contribution in [-0.4, -0.2) is 18.2 Å². The van der Waals surface area contributed by atoms with Crippen molar-refractivity contribution in [1.29, 1.82) is 0 Å². The number of carbonyl (C=O) groups excluding carboxylic acids is 1. The van der Waals surface area contributed by atoms with Gasteiger partial charge in [0.15, 0.2) is 0 Å². The van der Waals surface area contributed by atoms with Gasteiger partial charge in [-0.2, -0.15) is 0 Å². The number of aromatic hydroxyl groups is 1. The lowest BCUT2D eigenvalue weighted by atomic mass is 10.1. The molecule has 1 rings (SSSR count). The summed E-state index contributed by atoms with van der Waals surface area (Å²) >= 11 is 0. The molecule has 12 heavy (non-hydrogen) atoms. The number of hydrogen-bond donors (Lipinski definition) is 1. The van der Waals surface area contributed by atoms with Crippen LogP contribution in [0.15, 0.2) is 18.2 Å². The minimum atomic E-state index is -2.45. The molecule has 0 spiro atoms. The molecule has 0 unspecified atom stereocenters. The summed E-state index contributed by atoms with van der Waals surface area (Å²) in [7, 11) is 1.20. The fourth-order valence-electron chi connectivity index (χ4n) is 0.781. The standard InChI is InChI=1S/C9H10O3/c1-6-5-7(9(11)12-2)3-4-8(6)10/h3-5,10H,1-2H3/i1D3. The maximum absolute atomic E-state index is 11.1. The quantitative estimate of drug-likeness (QED) is 0.648. The zero-order chi connectivity index (χ0) is 11.6. The minimum Gasteiger partial charge on any atom is -0.508 e. The predicted molar refractivity (Wildman–Crippen MR) is 44.2 cm³/mol. The maximum Gasteiger partial charge on any atom is 0.337 e. The van der Waals surface area contributed by atoms with Crippen LogP contribution in [-0.2, 0) is 4.74 Å². The van der Waals surface area contributed by atoms with E-state index in [1.165, 1.54) is 13.2 Å². The number of phenolic OH excluding ortho intramolecular Hbond substituents is 1. The highest BCUT2D eigenvalue weighted by molar-refractivity contribution is 5.89. The molecule has 3 heteroatoms. The number of hydrogen-bond acceptors (Lipinski definition) is 3. The fourth-order valence-corrected chi connectivity index (χ4v) is 0.781. The van der Waals surface area contributed by atoms with Gasteiger partial charge in [-0.05, 0) is 30.6 Å². The number of rotatable bonds is 1. The Hall–Kier alpha value is -1.51. The van der Waals surface area contributed by atoms with E-state index in [0.717, 1.165) is 12.1 Å². The Bertz CT molecular complexity index is 385. The van der Waals surface area contributed by atoms with Crippen molar-refractivity contribution in [1.82, 2.24) is 0 Å². The third-order valence-corrected chi connectivity index (χ3v) is 1.42. The molecule has 0 aliphatic carbocycles. The first kappa shape index (κ1) is 5.19. The molecule has 1 aromatic carbocycles. The third-order valence-electron chi connectivity index (χ3n) is 1.42. The molecule has 0 radical (unpaired) electrons. The summed E-state index contributed by atoms with van der Waals surface area (Å²) in [5.74, 6) is -0.997. The van der Waals surface area contributed by atoms with Crippen LogP contribution in [0, 0.1) is 6.85 Å². The summed E-state index contributed by atoms with van der Waals surface area (Å²) in [5, 5.41) is 9.31. The Kier molecular flexibility index (Phi) is 1.41. The number of benzene rings is 1. The van der Waals surface area contributed by atoms with Crippen molar-refractivity contribution in [2.24, 2.45) is 0 Å². The van der Waals surface area contributed by atoms with Gasteiger partial charge >= 0.3 is 5.97 Å². The Labute approximate surface area is 74.8 Å². The van der Waals surface area contributed by atoms with Crippen LogP contribution >= 0.6 is 0 Å². The lowest BCUT2D eigenvalue weighted by molar-refractivity contribution is 0.0600. The molecule has 0 amide bonds. The molecule has 0 saturated carbocycles. The number of ether oxygens (including phenoxy) is 1. The van der Waals surface area contributed by atoms with Crippen LogP contribution in [0.5, 0.6) is 5.75 Å². The number of carbonyl (C=O) groups is 1. The minimum absolute atomic E-state index is 0.0985. The highest BCUT2D eigenvalue weighted by atomic mass is 16.5. The highest BCUT2D eigenvalue weighted by Gasteiger charge is 2.05. The summed E-state index contributed by atoms with van der Waals surface area (Å²) in [6.45, 7) is -2.45. The Morgan fingerprint density at radius 1 is 1.67 bits per heavy atom. The number of aryl methyl sites for hydroxylation is 1. The molecule has 3 nitrogen and oxygen atoms in total. The molecule has 0 aliphatic heterocycles. The van der Waals surface area contributed by atoms with Gasteiger partial charge in [0, 0.05) is 4.11 Å². The summed E-state index contributed by atoms with van der Waals surface area (Å²) in [6.07, 6.45) is 0. The summed E-state index contributed by atoms with van der Waals surface area (Å²) < 4.78 is 25.8. The van der Waals surface area contributed by atoms with Crippen molar-refractivity contribution in [3.8, 4) is 5.75 Å². The van der Waals surface area contributed by atoms with Crippen LogP contribution < -0.4 is 0 Å². The first-order valence-corrected chi connectivity index (χ1v) is 3.28. The molecule has 0 atom stereocenters. The molecule has 64 valence electrons. The number of phenols is 1. The SMILES string of the molecule is [2H]C([2H])([2H])c1cc(C(=O)OC)ccc1O. The van der Waals surface area contributed by atoms with Gasteiger partial charge in [0.05, 0.1) is 12.7 Å². The van der Waals surface area contributed by atoms with Gasteiger partial charge in [-0.1, -0.05) is 0 Å². The van der Waals surface area contributed by atoms with Gasteiger partial charge < -0.3 is 9.84 Å². The summed E-state index contributed by atoms with van der Waals surface area (Å²) in [5.41, 5.74) is -0.160. The van der Waals surface area contributed by atoms with Gasteiger partial charge in [-0.3, -0.25) is 0 Å². The van der Waals surface area contributed by atoms with Crippen molar-refractivity contribution in [2.75, 3.05) is 7.11 Å². The van der Waals surface area contributed by atoms with E-state index >= 15 is 0 Å². The first-order valence-electron chi connectivity index (χ1n) is 4.78. The zero-order valence-electron chi connectivity index (χ0n) is 9.50. The predicted octanol–water partition coefficient (Wildman–Crippen LogP) is 1.49. The number of methoxy groups -OCH3 is 1. The molecule has 0 fully saturated rings. The second-order valence-corrected chi connectivity index (χ2v) is 2.22. The van der Waals surface area contributed by atoms with Crippen LogP contribution in [0.1, 0.15) is 20.0 Å². The molecule has 1 N–H and O–H groups in total. The van der Waals surface area contributed by atoms with E-state index in [1.54, 1.807) is 0 Å². The van der Waals surface area contributed by atoms with Crippen molar-refractivity contribution < 1.29 is 18.8 Å². The highest BCUT2D eigenvalue weighted by Crippen LogP contribution is 2.17. The molecule has 0 heterocycles. The van der Waals surface area contributed by atoms with Crippen molar-refractivity contribution in [2.45, 2.75) is 6.85 Å². The maximum atomic E-state index is 11.1. The fraction of sp³-hybridized carbons (Fsp3) is 0.222. The van der Waals surface area contributed by atoms with Crippen molar-refractivity contribution in [3.63, 3.8) is 0 Å². The number of esters is 1. The van der Waals surface area contributed by atoms with Crippen LogP contribution in [0.2, 0.25) is 0 Å². The zero-order valence-corrected chi connectivity index (χ0v) is 6.50. The van der Waals surface area contributed by atoms with E-state index in [1.807, 2.05) is 0 Å². The average Bonchev–Trinajstić information content (AvgIpc) is 2.15. The lowest BCUT2D eigenvalue weighted by Crippen LogP contribution is -2.00. The van der Waals surface area contributed by atoms with E-state index in [4.69, 9.17) is 4.11 Å². The Balaban J connectivity index is 3.23. The third kappa shape index (κ3) is 1.56. The van der Waals surface area contributed by atoms with E-state index < -0.39 is 12.8 Å². The Morgan fingerprint density at radius 3 is 3.00 bits per heavy atom. The first-order chi connectivity index (χ1) is 6.86.